The lowest BCUT2D eigenvalue weighted by molar-refractivity contribution is 0.109. The van der Waals surface area contributed by atoms with E-state index in [4.69, 9.17) is 4.74 Å². The largest absolute Gasteiger partial charge is 0.376 e. The van der Waals surface area contributed by atoms with Gasteiger partial charge in [-0.1, -0.05) is 13.3 Å². The molecule has 0 radical (unpaired) electrons. The maximum absolute atomic E-state index is 11.6. The Bertz CT molecular complexity index is 510. The molecule has 2 heterocycles. The number of fused-ring (bicyclic) bond motifs is 1. The molecule has 1 aliphatic heterocycles. The molecule has 0 saturated carbocycles. The molecule has 0 atom stereocenters. The maximum atomic E-state index is 11.6. The highest BCUT2D eigenvalue weighted by Gasteiger charge is 2.15. The Kier molecular flexibility index (Phi) is 4.95. The zero-order chi connectivity index (χ0) is 13.7. The van der Waals surface area contributed by atoms with Crippen molar-refractivity contribution in [2.75, 3.05) is 18.9 Å². The van der Waals surface area contributed by atoms with Crippen molar-refractivity contribution in [2.45, 2.75) is 39.3 Å². The van der Waals surface area contributed by atoms with Crippen LogP contribution in [0.2, 0.25) is 0 Å². The van der Waals surface area contributed by atoms with Crippen LogP contribution in [-0.4, -0.2) is 37.1 Å². The van der Waals surface area contributed by atoms with E-state index in [1.165, 1.54) is 5.69 Å². The van der Waals surface area contributed by atoms with Crippen LogP contribution >= 0.6 is 0 Å². The van der Waals surface area contributed by atoms with Crippen molar-refractivity contribution in [3.05, 3.63) is 17.5 Å². The van der Waals surface area contributed by atoms with Gasteiger partial charge in [-0.3, -0.25) is 4.68 Å². The Morgan fingerprint density at radius 1 is 1.53 bits per heavy atom. The van der Waals surface area contributed by atoms with E-state index in [0.717, 1.165) is 18.4 Å². The number of nitrogens with zero attached hydrogens (tertiary/aromatic N) is 2. The molecule has 1 N–H and O–H groups in total. The van der Waals surface area contributed by atoms with Gasteiger partial charge in [-0.15, -0.1) is 0 Å². The molecule has 108 valence electrons. The van der Waals surface area contributed by atoms with Crippen molar-refractivity contribution in [2.24, 2.45) is 0 Å². The lowest BCUT2D eigenvalue weighted by Crippen LogP contribution is -2.30. The van der Waals surface area contributed by atoms with Gasteiger partial charge in [0.2, 0.25) is 10.0 Å². The number of aromatic nitrogens is 2. The maximum Gasteiger partial charge on any atom is 0.211 e. The van der Waals surface area contributed by atoms with Crippen molar-refractivity contribution in [3.8, 4) is 0 Å². The summed E-state index contributed by atoms with van der Waals surface area (Å²) in [6.07, 6.45) is 4.23. The highest BCUT2D eigenvalue weighted by Crippen LogP contribution is 2.15. The quantitative estimate of drug-likeness (QED) is 0.800. The lowest BCUT2D eigenvalue weighted by atomic mass is 10.2. The molecule has 0 aromatic carbocycles. The van der Waals surface area contributed by atoms with Crippen molar-refractivity contribution < 1.29 is 13.2 Å². The van der Waals surface area contributed by atoms with Gasteiger partial charge in [-0.25, -0.2) is 13.1 Å². The van der Waals surface area contributed by atoms with E-state index in [-0.39, 0.29) is 5.75 Å². The van der Waals surface area contributed by atoms with E-state index in [2.05, 4.69) is 9.82 Å². The zero-order valence-electron chi connectivity index (χ0n) is 11.3. The molecule has 0 saturated heterocycles. The fourth-order valence-electron chi connectivity index (χ4n) is 2.12. The molecule has 0 unspecified atom stereocenters. The molecule has 0 spiro atoms. The molecule has 19 heavy (non-hydrogen) atoms. The summed E-state index contributed by atoms with van der Waals surface area (Å²) in [5, 5.41) is 4.28. The molecule has 0 aliphatic carbocycles. The minimum Gasteiger partial charge on any atom is -0.376 e. The average molecular weight is 287 g/mol. The molecule has 6 nitrogen and oxygen atoms in total. The molecule has 0 fully saturated rings. The van der Waals surface area contributed by atoms with E-state index in [9.17, 15) is 8.42 Å². The second-order valence-electron chi connectivity index (χ2n) is 4.71. The van der Waals surface area contributed by atoms with Crippen molar-refractivity contribution >= 4 is 10.0 Å². The van der Waals surface area contributed by atoms with Gasteiger partial charge in [0, 0.05) is 24.2 Å². The molecule has 1 aromatic heterocycles. The Morgan fingerprint density at radius 2 is 2.37 bits per heavy atom. The molecule has 0 amide bonds. The molecule has 1 aliphatic rings. The molecule has 7 heteroatoms. The normalized spacial score (nSPS) is 15.4. The van der Waals surface area contributed by atoms with Gasteiger partial charge in [0.1, 0.15) is 0 Å². The molecule has 1 aromatic rings. The highest BCUT2D eigenvalue weighted by atomic mass is 32.2. The predicted octanol–water partition coefficient (Wildman–Crippen LogP) is 0.675. The smallest absolute Gasteiger partial charge is 0.211 e. The Balaban J connectivity index is 1.84. The fourth-order valence-corrected chi connectivity index (χ4v) is 3.33. The van der Waals surface area contributed by atoms with Crippen LogP contribution in [0, 0.1) is 0 Å². The van der Waals surface area contributed by atoms with Crippen LogP contribution in [0.4, 0.5) is 0 Å². The van der Waals surface area contributed by atoms with E-state index in [1.54, 1.807) is 6.20 Å². The van der Waals surface area contributed by atoms with Crippen LogP contribution in [0.25, 0.3) is 0 Å². The van der Waals surface area contributed by atoms with Crippen LogP contribution in [0.3, 0.4) is 0 Å². The summed E-state index contributed by atoms with van der Waals surface area (Å²) in [5.74, 6) is 0.203. The van der Waals surface area contributed by atoms with Crippen molar-refractivity contribution in [3.63, 3.8) is 0 Å². The van der Waals surface area contributed by atoms with Crippen LogP contribution in [0.1, 0.15) is 31.0 Å². The van der Waals surface area contributed by atoms with Gasteiger partial charge in [0.05, 0.1) is 31.7 Å². The van der Waals surface area contributed by atoms with Gasteiger partial charge in [0.25, 0.3) is 0 Å². The third-order valence-corrected chi connectivity index (χ3v) is 4.66. The number of sulfonamides is 1. The number of unbranched alkanes of at least 4 members (excludes halogenated alkanes) is 1. The Hall–Kier alpha value is -0.920. The SMILES string of the molecule is CCCCS(=O)(=O)NCCn1ncc2c1CCOC2. The standard InChI is InChI=1S/C12H21N3O3S/c1-2-3-8-19(16,17)14-5-6-15-12-4-7-18-10-11(12)9-13-15/h9,14H,2-8,10H2,1H3. The molecular weight excluding hydrogens is 266 g/mol. The summed E-state index contributed by atoms with van der Waals surface area (Å²) >= 11 is 0. The number of hydrogen-bond donors (Lipinski definition) is 1. The Labute approximate surface area is 114 Å². The fraction of sp³-hybridized carbons (Fsp3) is 0.750. The van der Waals surface area contributed by atoms with Crippen LogP contribution in [0.15, 0.2) is 6.20 Å². The second kappa shape index (κ2) is 6.49. The molecular formula is C12H21N3O3S. The van der Waals surface area contributed by atoms with Crippen molar-refractivity contribution in [1.82, 2.24) is 14.5 Å². The van der Waals surface area contributed by atoms with Gasteiger partial charge in [-0.2, -0.15) is 5.10 Å². The second-order valence-corrected chi connectivity index (χ2v) is 6.64. The summed E-state index contributed by atoms with van der Waals surface area (Å²) in [4.78, 5) is 0. The first-order chi connectivity index (χ1) is 9.12. The van der Waals surface area contributed by atoms with Crippen LogP contribution in [0.5, 0.6) is 0 Å². The number of ether oxygens (including phenoxy) is 1. The number of rotatable bonds is 7. The summed E-state index contributed by atoms with van der Waals surface area (Å²) in [6, 6.07) is 0. The van der Waals surface area contributed by atoms with Gasteiger partial charge in [-0.05, 0) is 6.42 Å². The third kappa shape index (κ3) is 4.02. The molecule has 0 bridgehead atoms. The lowest BCUT2D eigenvalue weighted by Gasteiger charge is -2.14. The third-order valence-electron chi connectivity index (χ3n) is 3.19. The van der Waals surface area contributed by atoms with E-state index in [1.807, 2.05) is 11.6 Å². The number of nitrogens with one attached hydrogen (secondary N) is 1. The zero-order valence-corrected chi connectivity index (χ0v) is 12.1. The topological polar surface area (TPSA) is 73.2 Å². The van der Waals surface area contributed by atoms with E-state index in [0.29, 0.717) is 32.7 Å². The van der Waals surface area contributed by atoms with Crippen molar-refractivity contribution in [1.29, 1.82) is 0 Å². The van der Waals surface area contributed by atoms with Gasteiger partial charge >= 0.3 is 0 Å². The summed E-state index contributed by atoms with van der Waals surface area (Å²) < 4.78 is 33.1. The summed E-state index contributed by atoms with van der Waals surface area (Å²) in [6.45, 7) is 4.26. The van der Waals surface area contributed by atoms with Gasteiger partial charge in [0.15, 0.2) is 0 Å². The first kappa shape index (κ1) is 14.5. The first-order valence-corrected chi connectivity index (χ1v) is 8.36. The monoisotopic (exact) mass is 287 g/mol. The minimum absolute atomic E-state index is 0.203. The highest BCUT2D eigenvalue weighted by molar-refractivity contribution is 7.89. The predicted molar refractivity (Wildman–Crippen MR) is 72.3 cm³/mol. The Morgan fingerprint density at radius 3 is 3.16 bits per heavy atom. The van der Waals surface area contributed by atoms with E-state index >= 15 is 0 Å². The first-order valence-electron chi connectivity index (χ1n) is 6.71. The summed E-state index contributed by atoms with van der Waals surface area (Å²) in [7, 11) is -3.13. The number of hydrogen-bond acceptors (Lipinski definition) is 4. The average Bonchev–Trinajstić information content (AvgIpc) is 2.80. The van der Waals surface area contributed by atoms with Crippen LogP contribution in [-0.2, 0) is 34.3 Å². The van der Waals surface area contributed by atoms with E-state index < -0.39 is 10.0 Å². The minimum atomic E-state index is -3.13. The molecule has 2 rings (SSSR count). The van der Waals surface area contributed by atoms with Crippen LogP contribution < -0.4 is 4.72 Å². The summed E-state index contributed by atoms with van der Waals surface area (Å²) in [5.41, 5.74) is 2.28. The van der Waals surface area contributed by atoms with Gasteiger partial charge < -0.3 is 4.74 Å².